The fraction of sp³-hybridized carbons (Fsp3) is 0.467. The highest BCUT2D eigenvalue weighted by Crippen LogP contribution is 2.34. The highest BCUT2D eigenvalue weighted by Gasteiger charge is 2.33. The second-order valence-corrected chi connectivity index (χ2v) is 11.0. The summed E-state index contributed by atoms with van der Waals surface area (Å²) in [5.74, 6) is -2.19. The predicted molar refractivity (Wildman–Crippen MR) is 118 cm³/mol. The lowest BCUT2D eigenvalue weighted by molar-refractivity contribution is -0.226. The number of hydrogen-bond donors (Lipinski definition) is 0. The predicted octanol–water partition coefficient (Wildman–Crippen LogP) is 2.93. The van der Waals surface area contributed by atoms with E-state index in [1.165, 1.54) is 0 Å². The van der Waals surface area contributed by atoms with Crippen LogP contribution in [0.5, 0.6) is 5.75 Å². The third-order valence-corrected chi connectivity index (χ3v) is 6.54. The molecule has 1 aromatic carbocycles. The summed E-state index contributed by atoms with van der Waals surface area (Å²) in [5, 5.41) is 12.2. The third kappa shape index (κ3) is 6.16. The Labute approximate surface area is 187 Å². The van der Waals surface area contributed by atoms with Gasteiger partial charge in [-0.1, -0.05) is 12.8 Å². The molecule has 1 aliphatic carbocycles. The van der Waals surface area contributed by atoms with Crippen LogP contribution in [-0.4, -0.2) is 26.5 Å². The molecule has 10 heteroatoms. The molecule has 1 aromatic rings. The van der Waals surface area contributed by atoms with Gasteiger partial charge in [-0.3, -0.25) is 4.79 Å². The number of hydrogen-bond acceptors (Lipinski definition) is 5. The van der Waals surface area contributed by atoms with E-state index in [0.717, 1.165) is 29.8 Å². The average molecular weight is 702 g/mol. The molecule has 0 radical (unpaired) electrons. The number of carbonyl (C=O) groups excluding carboxylic acids is 1. The highest BCUT2D eigenvalue weighted by molar-refractivity contribution is 14.1. The number of esters is 1. The van der Waals surface area contributed by atoms with Crippen molar-refractivity contribution >= 4 is 89.7 Å². The first-order valence-corrected chi connectivity index (χ1v) is 12.5. The van der Waals surface area contributed by atoms with Crippen molar-refractivity contribution < 1.29 is 23.1 Å². The molecular weight excluding hydrogens is 687 g/mol. The van der Waals surface area contributed by atoms with Crippen LogP contribution in [-0.2, 0) is 14.8 Å². The first kappa shape index (κ1) is 21.6. The lowest BCUT2D eigenvalue weighted by Gasteiger charge is -2.33. The van der Waals surface area contributed by atoms with Crippen LogP contribution in [0.1, 0.15) is 25.7 Å². The van der Waals surface area contributed by atoms with Crippen molar-refractivity contribution in [3.05, 3.63) is 22.8 Å². The van der Waals surface area contributed by atoms with E-state index in [9.17, 15) is 18.3 Å². The van der Waals surface area contributed by atoms with Gasteiger partial charge in [-0.15, -0.1) is 0 Å². The third-order valence-electron chi connectivity index (χ3n) is 3.81. The van der Waals surface area contributed by atoms with Crippen LogP contribution in [0.15, 0.2) is 16.5 Å². The van der Waals surface area contributed by atoms with Gasteiger partial charge in [0.1, 0.15) is 0 Å². The van der Waals surface area contributed by atoms with Crippen LogP contribution in [0.4, 0.5) is 0 Å². The van der Waals surface area contributed by atoms with Gasteiger partial charge in [0.25, 0.3) is 0 Å². The highest BCUT2D eigenvalue weighted by atomic mass is 127. The molecule has 1 saturated carbocycles. The number of benzene rings is 1. The van der Waals surface area contributed by atoms with Crippen molar-refractivity contribution in [3.8, 4) is 5.75 Å². The summed E-state index contributed by atoms with van der Waals surface area (Å²) in [6.45, 7) is 0. The number of carbonyl (C=O) groups is 1. The summed E-state index contributed by atoms with van der Waals surface area (Å²) in [5.41, 5.74) is 0. The van der Waals surface area contributed by atoms with Gasteiger partial charge in [0.05, 0.1) is 19.3 Å². The molecule has 0 spiro atoms. The van der Waals surface area contributed by atoms with Crippen molar-refractivity contribution in [1.29, 1.82) is 0 Å². The van der Waals surface area contributed by atoms with Crippen LogP contribution < -0.4 is 9.84 Å². The minimum atomic E-state index is -3.78. The molecule has 0 saturated heterocycles. The van der Waals surface area contributed by atoms with E-state index in [4.69, 9.17) is 4.74 Å². The van der Waals surface area contributed by atoms with Gasteiger partial charge in [0.15, 0.2) is 5.75 Å². The van der Waals surface area contributed by atoms with E-state index in [1.807, 2.05) is 12.1 Å². The van der Waals surface area contributed by atoms with Crippen LogP contribution in [0.3, 0.4) is 0 Å². The van der Waals surface area contributed by atoms with Gasteiger partial charge in [-0.25, -0.2) is 8.42 Å². The molecule has 25 heavy (non-hydrogen) atoms. The zero-order valence-corrected chi connectivity index (χ0v) is 20.5. The van der Waals surface area contributed by atoms with Gasteiger partial charge in [0, 0.05) is 9.49 Å². The normalized spacial score (nSPS) is 21.8. The molecule has 0 aliphatic heterocycles. The summed E-state index contributed by atoms with van der Waals surface area (Å²) in [6, 6.07) is 3.79. The van der Waals surface area contributed by atoms with Crippen LogP contribution >= 0.6 is 67.8 Å². The van der Waals surface area contributed by atoms with Crippen molar-refractivity contribution in [2.75, 3.05) is 6.26 Å². The Morgan fingerprint density at radius 1 is 1.16 bits per heavy atom. The Morgan fingerprint density at radius 2 is 1.68 bits per heavy atom. The monoisotopic (exact) mass is 702 g/mol. The second kappa shape index (κ2) is 8.99. The zero-order chi connectivity index (χ0) is 18.8. The molecule has 2 atom stereocenters. The summed E-state index contributed by atoms with van der Waals surface area (Å²) in [4.78, 5) is 12.7. The molecule has 0 aromatic heterocycles. The average Bonchev–Trinajstić information content (AvgIpc) is 2.49. The van der Waals surface area contributed by atoms with E-state index in [2.05, 4.69) is 72.2 Å². The second-order valence-electron chi connectivity index (χ2n) is 5.78. The van der Waals surface area contributed by atoms with Gasteiger partial charge in [-0.2, -0.15) is 4.40 Å². The Hall–Kier alpha value is 0.300. The Balaban J connectivity index is 2.26. The van der Waals surface area contributed by atoms with Crippen molar-refractivity contribution in [3.63, 3.8) is 0 Å². The fourth-order valence-electron chi connectivity index (χ4n) is 2.74. The summed E-state index contributed by atoms with van der Waals surface area (Å²) < 4.78 is 34.0. The Morgan fingerprint density at radius 3 is 2.20 bits per heavy atom. The van der Waals surface area contributed by atoms with Gasteiger partial charge in [0.2, 0.25) is 10.0 Å². The van der Waals surface area contributed by atoms with E-state index in [-0.39, 0.29) is 0 Å². The lowest BCUT2D eigenvalue weighted by atomic mass is 9.79. The maximum atomic E-state index is 12.7. The molecular formula is C15H15I3NO5S-. The van der Waals surface area contributed by atoms with Crippen molar-refractivity contribution in [2.45, 2.75) is 25.7 Å². The number of ether oxygens (including phenoxy) is 1. The summed E-state index contributed by atoms with van der Waals surface area (Å²) in [6.07, 6.45) is 3.36. The van der Waals surface area contributed by atoms with E-state index in [1.54, 1.807) is 0 Å². The fourth-order valence-corrected chi connectivity index (χ4v) is 7.01. The number of nitrogens with zero attached hydrogens (tertiary/aromatic N) is 1. The quantitative estimate of drug-likeness (QED) is 0.158. The topological polar surface area (TPSA) is 95.9 Å². The molecule has 2 unspecified atom stereocenters. The minimum absolute atomic E-state index is 0.443. The van der Waals surface area contributed by atoms with Crippen LogP contribution in [0.25, 0.3) is 0 Å². The maximum Gasteiger partial charge on any atom is 0.315 e. The molecule has 1 aliphatic rings. The molecule has 0 amide bonds. The first-order chi connectivity index (χ1) is 11.6. The first-order valence-electron chi connectivity index (χ1n) is 7.41. The summed E-state index contributed by atoms with van der Waals surface area (Å²) >= 11 is 6.39. The van der Waals surface area contributed by atoms with Crippen LogP contribution in [0.2, 0.25) is 0 Å². The molecule has 1 fully saturated rings. The van der Waals surface area contributed by atoms with Gasteiger partial charge < -0.3 is 9.84 Å². The minimum Gasteiger partial charge on any atom is -0.861 e. The molecule has 2 rings (SSSR count). The van der Waals surface area contributed by atoms with E-state index in [0.29, 0.717) is 18.6 Å². The zero-order valence-electron chi connectivity index (χ0n) is 13.2. The number of sulfonamides is 1. The van der Waals surface area contributed by atoms with Gasteiger partial charge in [-0.05, 0) is 98.6 Å². The molecule has 0 heterocycles. The molecule has 0 bridgehead atoms. The standard InChI is InChI=1S/C15H16I3NO5S/c1-25(22,23)19-14(20)9-4-2-3-5-10(9)15(21)24-13-11(17)6-8(16)7-12(13)18/h6-7,9-10H,2-5H2,1H3,(H,19,20)/p-1. The number of halogens is 3. The largest absolute Gasteiger partial charge is 0.861 e. The Bertz CT molecular complexity index is 786. The molecule has 6 nitrogen and oxygen atoms in total. The number of rotatable bonds is 4. The van der Waals surface area contributed by atoms with Crippen molar-refractivity contribution in [1.82, 2.24) is 0 Å². The van der Waals surface area contributed by atoms with Crippen molar-refractivity contribution in [2.24, 2.45) is 16.2 Å². The van der Waals surface area contributed by atoms with Gasteiger partial charge >= 0.3 is 5.97 Å². The smallest absolute Gasteiger partial charge is 0.315 e. The summed E-state index contributed by atoms with van der Waals surface area (Å²) in [7, 11) is -3.78. The van der Waals surface area contributed by atoms with E-state index < -0.39 is 33.7 Å². The van der Waals surface area contributed by atoms with Crippen LogP contribution in [0, 0.1) is 22.5 Å². The lowest BCUT2D eigenvalue weighted by Crippen LogP contribution is -2.40. The maximum absolute atomic E-state index is 12.7. The molecule has 138 valence electrons. The van der Waals surface area contributed by atoms with E-state index >= 15 is 0 Å². The SMILES string of the molecule is CS(=O)(=O)/N=C(/[O-])C1CCCCC1C(=O)Oc1c(I)cc(I)cc1I. The molecule has 0 N–H and O–H groups in total. The Kier molecular flexibility index (Phi) is 7.77.